The zero-order valence-electron chi connectivity index (χ0n) is 15.1. The quantitative estimate of drug-likeness (QED) is 0.833. The van der Waals surface area contributed by atoms with Gasteiger partial charge in [0.2, 0.25) is 5.91 Å². The van der Waals surface area contributed by atoms with E-state index in [4.69, 9.17) is 4.74 Å². The van der Waals surface area contributed by atoms with Gasteiger partial charge in [0.05, 0.1) is 18.1 Å². The molecule has 1 N–H and O–H groups in total. The van der Waals surface area contributed by atoms with E-state index in [1.54, 1.807) is 11.0 Å². The molecular weight excluding hydrogens is 332 g/mol. The van der Waals surface area contributed by atoms with Crippen LogP contribution in [0.5, 0.6) is 0 Å². The Bertz CT molecular complexity index is 767. The predicted octanol–water partition coefficient (Wildman–Crippen LogP) is 1.61. The first-order chi connectivity index (χ1) is 12.5. The first kappa shape index (κ1) is 17.1. The van der Waals surface area contributed by atoms with Crippen LogP contribution in [-0.2, 0) is 14.3 Å². The molecule has 1 aromatic rings. The van der Waals surface area contributed by atoms with Gasteiger partial charge in [-0.05, 0) is 31.0 Å². The minimum atomic E-state index is -0.950. The number of carbonyl (C=O) groups excluding carboxylic acids is 1. The van der Waals surface area contributed by atoms with E-state index < -0.39 is 30.0 Å². The molecule has 0 aromatic heterocycles. The molecule has 26 heavy (non-hydrogen) atoms. The molecule has 3 heterocycles. The first-order valence-electron chi connectivity index (χ1n) is 9.14. The molecule has 0 radical (unpaired) electrons. The highest BCUT2D eigenvalue weighted by Crippen LogP contribution is 2.40. The summed E-state index contributed by atoms with van der Waals surface area (Å²) in [6.07, 6.45) is 2.73. The SMILES string of the molecule is Cc1cccc(N2CCN(C(=O)[C@@H]3[C@@H](C(=O)O)[C@H]4C=C[C@@H]3O4)CC2)c1C. The highest BCUT2D eigenvalue weighted by molar-refractivity contribution is 5.87. The van der Waals surface area contributed by atoms with Crippen molar-refractivity contribution >= 4 is 17.6 Å². The number of hydrogen-bond donors (Lipinski definition) is 1. The van der Waals surface area contributed by atoms with E-state index in [-0.39, 0.29) is 5.91 Å². The average Bonchev–Trinajstić information content (AvgIpc) is 3.25. The molecule has 6 heteroatoms. The Morgan fingerprint density at radius 2 is 1.69 bits per heavy atom. The van der Waals surface area contributed by atoms with Crippen molar-refractivity contribution in [2.45, 2.75) is 26.1 Å². The summed E-state index contributed by atoms with van der Waals surface area (Å²) in [5.74, 6) is -2.41. The van der Waals surface area contributed by atoms with Crippen LogP contribution in [0.3, 0.4) is 0 Å². The van der Waals surface area contributed by atoms with Gasteiger partial charge in [0.1, 0.15) is 5.92 Å². The molecular formula is C20H24N2O4. The number of rotatable bonds is 3. The molecule has 2 fully saturated rings. The molecule has 0 spiro atoms. The van der Waals surface area contributed by atoms with E-state index in [2.05, 4.69) is 36.9 Å². The summed E-state index contributed by atoms with van der Waals surface area (Å²) in [5, 5.41) is 9.51. The van der Waals surface area contributed by atoms with Gasteiger partial charge in [-0.2, -0.15) is 0 Å². The van der Waals surface area contributed by atoms with Crippen molar-refractivity contribution in [2.24, 2.45) is 11.8 Å². The monoisotopic (exact) mass is 356 g/mol. The van der Waals surface area contributed by atoms with E-state index in [0.29, 0.717) is 13.1 Å². The van der Waals surface area contributed by atoms with E-state index in [1.165, 1.54) is 16.8 Å². The third-order valence-electron chi connectivity index (χ3n) is 5.98. The third-order valence-corrected chi connectivity index (χ3v) is 5.98. The second-order valence-electron chi connectivity index (χ2n) is 7.37. The summed E-state index contributed by atoms with van der Waals surface area (Å²) < 4.78 is 5.64. The van der Waals surface area contributed by atoms with Gasteiger partial charge in [-0.1, -0.05) is 24.3 Å². The maximum Gasteiger partial charge on any atom is 0.310 e. The second-order valence-corrected chi connectivity index (χ2v) is 7.37. The lowest BCUT2D eigenvalue weighted by molar-refractivity contribution is -0.149. The van der Waals surface area contributed by atoms with Crippen molar-refractivity contribution in [3.05, 3.63) is 41.5 Å². The summed E-state index contributed by atoms with van der Waals surface area (Å²) in [7, 11) is 0. The Balaban J connectivity index is 1.45. The lowest BCUT2D eigenvalue weighted by atomic mass is 9.82. The van der Waals surface area contributed by atoms with Crippen LogP contribution in [0.1, 0.15) is 11.1 Å². The molecule has 4 atom stereocenters. The van der Waals surface area contributed by atoms with Crippen molar-refractivity contribution < 1.29 is 19.4 Å². The molecule has 0 aliphatic carbocycles. The fourth-order valence-electron chi connectivity index (χ4n) is 4.35. The summed E-state index contributed by atoms with van der Waals surface area (Å²) >= 11 is 0. The Hall–Kier alpha value is -2.34. The van der Waals surface area contributed by atoms with Gasteiger partial charge in [0.25, 0.3) is 0 Å². The molecule has 0 saturated carbocycles. The summed E-state index contributed by atoms with van der Waals surface area (Å²) in [5.41, 5.74) is 3.74. The minimum absolute atomic E-state index is 0.0881. The van der Waals surface area contributed by atoms with Gasteiger partial charge in [-0.3, -0.25) is 9.59 Å². The van der Waals surface area contributed by atoms with Crippen LogP contribution >= 0.6 is 0 Å². The number of anilines is 1. The molecule has 0 unspecified atom stereocenters. The van der Waals surface area contributed by atoms with Gasteiger partial charge in [0.15, 0.2) is 0 Å². The average molecular weight is 356 g/mol. The topological polar surface area (TPSA) is 70.1 Å². The molecule has 6 nitrogen and oxygen atoms in total. The largest absolute Gasteiger partial charge is 0.481 e. The van der Waals surface area contributed by atoms with E-state index in [9.17, 15) is 14.7 Å². The van der Waals surface area contributed by atoms with Crippen molar-refractivity contribution in [1.29, 1.82) is 0 Å². The molecule has 3 aliphatic rings. The predicted molar refractivity (Wildman–Crippen MR) is 97.1 cm³/mol. The lowest BCUT2D eigenvalue weighted by Crippen LogP contribution is -2.53. The Kier molecular flexibility index (Phi) is 4.23. The number of carboxylic acid groups (broad SMARTS) is 1. The normalized spacial score (nSPS) is 30.1. The van der Waals surface area contributed by atoms with Gasteiger partial charge in [-0.15, -0.1) is 0 Å². The molecule has 2 saturated heterocycles. The molecule has 138 valence electrons. The lowest BCUT2D eigenvalue weighted by Gasteiger charge is -2.39. The maximum absolute atomic E-state index is 13.0. The molecule has 2 bridgehead atoms. The zero-order valence-corrected chi connectivity index (χ0v) is 15.1. The fraction of sp³-hybridized carbons (Fsp3) is 0.500. The van der Waals surface area contributed by atoms with Gasteiger partial charge in [-0.25, -0.2) is 0 Å². The summed E-state index contributed by atoms with van der Waals surface area (Å²) in [4.78, 5) is 28.7. The molecule has 3 aliphatic heterocycles. The Morgan fingerprint density at radius 3 is 2.35 bits per heavy atom. The zero-order chi connectivity index (χ0) is 18.4. The van der Waals surface area contributed by atoms with Crippen LogP contribution in [0, 0.1) is 25.7 Å². The van der Waals surface area contributed by atoms with E-state index >= 15 is 0 Å². The van der Waals surface area contributed by atoms with E-state index in [1.807, 2.05) is 6.08 Å². The Labute approximate surface area is 153 Å². The highest BCUT2D eigenvalue weighted by Gasteiger charge is 2.54. The number of nitrogens with zero attached hydrogens (tertiary/aromatic N) is 2. The van der Waals surface area contributed by atoms with Crippen molar-refractivity contribution in [3.63, 3.8) is 0 Å². The highest BCUT2D eigenvalue weighted by atomic mass is 16.5. The van der Waals surface area contributed by atoms with Gasteiger partial charge < -0.3 is 19.6 Å². The Morgan fingerprint density at radius 1 is 1.04 bits per heavy atom. The number of benzene rings is 1. The number of aliphatic carboxylic acids is 1. The van der Waals surface area contributed by atoms with Gasteiger partial charge >= 0.3 is 5.97 Å². The molecule has 1 aromatic carbocycles. The molecule has 4 rings (SSSR count). The molecule has 1 amide bonds. The number of ether oxygens (including phenoxy) is 1. The maximum atomic E-state index is 13.0. The van der Waals surface area contributed by atoms with Crippen LogP contribution < -0.4 is 4.90 Å². The first-order valence-corrected chi connectivity index (χ1v) is 9.14. The smallest absolute Gasteiger partial charge is 0.310 e. The number of fused-ring (bicyclic) bond motifs is 2. The van der Waals surface area contributed by atoms with Crippen LogP contribution in [-0.4, -0.2) is 60.3 Å². The van der Waals surface area contributed by atoms with Crippen LogP contribution in [0.4, 0.5) is 5.69 Å². The summed E-state index contributed by atoms with van der Waals surface area (Å²) in [6, 6.07) is 6.29. The van der Waals surface area contributed by atoms with Crippen LogP contribution in [0.25, 0.3) is 0 Å². The van der Waals surface area contributed by atoms with Crippen LogP contribution in [0.15, 0.2) is 30.4 Å². The second kappa shape index (κ2) is 6.43. The standard InChI is InChI=1S/C20H24N2O4/c1-12-4-3-5-14(13(12)2)21-8-10-22(11-9-21)19(23)17-15-6-7-16(26-15)18(17)20(24)25/h3-7,15-18H,8-11H2,1-2H3,(H,24,25)/t15-,16+,17-,18-/m0/s1. The third kappa shape index (κ3) is 2.69. The minimum Gasteiger partial charge on any atom is -0.481 e. The van der Waals surface area contributed by atoms with Crippen molar-refractivity contribution in [1.82, 2.24) is 4.90 Å². The summed E-state index contributed by atoms with van der Waals surface area (Å²) in [6.45, 7) is 6.95. The number of amides is 1. The van der Waals surface area contributed by atoms with Crippen molar-refractivity contribution in [3.8, 4) is 0 Å². The van der Waals surface area contributed by atoms with Crippen molar-refractivity contribution in [2.75, 3.05) is 31.1 Å². The number of carboxylic acids is 1. The van der Waals surface area contributed by atoms with Gasteiger partial charge in [0, 0.05) is 31.9 Å². The number of hydrogen-bond acceptors (Lipinski definition) is 4. The number of aryl methyl sites for hydroxylation is 1. The van der Waals surface area contributed by atoms with E-state index in [0.717, 1.165) is 13.1 Å². The fourth-order valence-corrected chi connectivity index (χ4v) is 4.35. The number of carbonyl (C=O) groups is 2. The number of piperazine rings is 1. The van der Waals surface area contributed by atoms with Crippen LogP contribution in [0.2, 0.25) is 0 Å².